The summed E-state index contributed by atoms with van der Waals surface area (Å²) in [7, 11) is 0. The van der Waals surface area contributed by atoms with Gasteiger partial charge in [-0.1, -0.05) is 24.6 Å². The summed E-state index contributed by atoms with van der Waals surface area (Å²) in [4.78, 5) is 40.5. The molecular formula is C24H22N2O4S. The molecule has 2 atom stereocenters. The predicted molar refractivity (Wildman–Crippen MR) is 119 cm³/mol. The van der Waals surface area contributed by atoms with Crippen LogP contribution in [0.2, 0.25) is 0 Å². The highest BCUT2D eigenvalue weighted by atomic mass is 32.1. The van der Waals surface area contributed by atoms with Gasteiger partial charge in [0, 0.05) is 23.4 Å². The van der Waals surface area contributed by atoms with E-state index in [1.807, 2.05) is 47.2 Å². The lowest BCUT2D eigenvalue weighted by atomic mass is 9.90. The Morgan fingerprint density at radius 3 is 2.39 bits per heavy atom. The summed E-state index contributed by atoms with van der Waals surface area (Å²) in [6, 6.07) is 12.8. The van der Waals surface area contributed by atoms with Gasteiger partial charge in [-0.2, -0.15) is 11.3 Å². The van der Waals surface area contributed by atoms with E-state index in [9.17, 15) is 19.5 Å². The average Bonchev–Trinajstić information content (AvgIpc) is 3.46. The number of Topliss-reactive ketones (excluding diaryl/α,β-unsaturated/α-hetero) is 1. The molecule has 1 amide bonds. The first kappa shape index (κ1) is 20.9. The van der Waals surface area contributed by atoms with Crippen molar-refractivity contribution in [2.75, 3.05) is 5.32 Å². The van der Waals surface area contributed by atoms with E-state index in [0.717, 1.165) is 23.1 Å². The second kappa shape index (κ2) is 9.22. The number of thiophene rings is 1. The molecule has 2 N–H and O–H groups in total. The minimum absolute atomic E-state index is 0.0674. The fraction of sp³-hybridized carbons (Fsp3) is 0.250. The number of anilines is 1. The number of aliphatic carboxylic acids is 1. The van der Waals surface area contributed by atoms with Crippen LogP contribution in [0.25, 0.3) is 11.1 Å². The largest absolute Gasteiger partial charge is 0.481 e. The van der Waals surface area contributed by atoms with Gasteiger partial charge in [-0.3, -0.25) is 19.4 Å². The van der Waals surface area contributed by atoms with E-state index in [-0.39, 0.29) is 11.7 Å². The minimum atomic E-state index is -0.907. The second-order valence-corrected chi connectivity index (χ2v) is 8.49. The lowest BCUT2D eigenvalue weighted by molar-refractivity contribution is -0.142. The number of carboxylic acid groups (broad SMARTS) is 1. The fourth-order valence-corrected chi connectivity index (χ4v) is 4.67. The summed E-state index contributed by atoms with van der Waals surface area (Å²) in [6.07, 6.45) is 3.86. The Hall–Kier alpha value is -3.32. The molecule has 0 radical (unpaired) electrons. The van der Waals surface area contributed by atoms with Gasteiger partial charge in [0.25, 0.3) is 0 Å². The molecule has 0 saturated heterocycles. The van der Waals surface area contributed by atoms with Crippen LogP contribution in [0.5, 0.6) is 0 Å². The number of pyridine rings is 1. The first-order valence-corrected chi connectivity index (χ1v) is 11.1. The third-order valence-corrected chi connectivity index (χ3v) is 6.36. The average molecular weight is 435 g/mol. The van der Waals surface area contributed by atoms with Crippen LogP contribution in [0.15, 0.2) is 59.4 Å². The molecule has 0 aliphatic heterocycles. The number of nitrogens with zero attached hydrogens (tertiary/aromatic N) is 1. The van der Waals surface area contributed by atoms with E-state index in [1.54, 1.807) is 23.6 Å². The Bertz CT molecular complexity index is 1080. The summed E-state index contributed by atoms with van der Waals surface area (Å²) in [5, 5.41) is 16.1. The summed E-state index contributed by atoms with van der Waals surface area (Å²) < 4.78 is 0. The molecule has 1 aliphatic rings. The van der Waals surface area contributed by atoms with Crippen molar-refractivity contribution in [3.63, 3.8) is 0 Å². The first-order chi connectivity index (χ1) is 15.0. The van der Waals surface area contributed by atoms with E-state index < -0.39 is 17.8 Å². The quantitative estimate of drug-likeness (QED) is 0.527. The SMILES string of the molecule is O=C(Cc1ccsc1)Nc1ccc(-c2ccc(C(=O)C3CCCC3C(=O)O)nc2)cc1. The topological polar surface area (TPSA) is 96.4 Å². The number of hydrogen-bond acceptors (Lipinski definition) is 5. The van der Waals surface area contributed by atoms with E-state index in [2.05, 4.69) is 10.3 Å². The van der Waals surface area contributed by atoms with Crippen LogP contribution in [0.1, 0.15) is 35.3 Å². The van der Waals surface area contributed by atoms with E-state index in [4.69, 9.17) is 0 Å². The van der Waals surface area contributed by atoms with Crippen LogP contribution < -0.4 is 5.32 Å². The monoisotopic (exact) mass is 434 g/mol. The van der Waals surface area contributed by atoms with E-state index in [0.29, 0.717) is 30.6 Å². The van der Waals surface area contributed by atoms with Gasteiger partial charge in [-0.25, -0.2) is 0 Å². The van der Waals surface area contributed by atoms with Gasteiger partial charge in [0.2, 0.25) is 5.91 Å². The smallest absolute Gasteiger partial charge is 0.307 e. The van der Waals surface area contributed by atoms with Gasteiger partial charge in [-0.05, 0) is 59.0 Å². The Kier molecular flexibility index (Phi) is 6.23. The Balaban J connectivity index is 1.40. The Labute approximate surface area is 184 Å². The maximum atomic E-state index is 12.7. The van der Waals surface area contributed by atoms with Crippen LogP contribution in [0, 0.1) is 11.8 Å². The summed E-state index contributed by atoms with van der Waals surface area (Å²) >= 11 is 1.57. The molecule has 158 valence electrons. The number of ketones is 1. The van der Waals surface area contributed by atoms with Crippen molar-refractivity contribution in [1.82, 2.24) is 4.98 Å². The van der Waals surface area contributed by atoms with Crippen LogP contribution in [0.4, 0.5) is 5.69 Å². The molecule has 1 aromatic carbocycles. The van der Waals surface area contributed by atoms with Crippen LogP contribution in [-0.4, -0.2) is 27.8 Å². The highest BCUT2D eigenvalue weighted by Gasteiger charge is 2.38. The van der Waals surface area contributed by atoms with Gasteiger partial charge >= 0.3 is 5.97 Å². The van der Waals surface area contributed by atoms with Crippen molar-refractivity contribution in [1.29, 1.82) is 0 Å². The van der Waals surface area contributed by atoms with Gasteiger partial charge < -0.3 is 10.4 Å². The molecule has 4 rings (SSSR count). The van der Waals surface area contributed by atoms with E-state index in [1.165, 1.54) is 0 Å². The van der Waals surface area contributed by atoms with Crippen molar-refractivity contribution in [3.8, 4) is 11.1 Å². The minimum Gasteiger partial charge on any atom is -0.481 e. The van der Waals surface area contributed by atoms with Crippen LogP contribution >= 0.6 is 11.3 Å². The molecule has 3 aromatic rings. The third-order valence-electron chi connectivity index (χ3n) is 5.63. The number of carbonyl (C=O) groups is 3. The van der Waals surface area contributed by atoms with Crippen molar-refractivity contribution in [2.45, 2.75) is 25.7 Å². The Morgan fingerprint density at radius 2 is 1.74 bits per heavy atom. The molecule has 1 saturated carbocycles. The zero-order chi connectivity index (χ0) is 21.8. The number of rotatable bonds is 7. The first-order valence-electron chi connectivity index (χ1n) is 10.2. The highest BCUT2D eigenvalue weighted by molar-refractivity contribution is 7.08. The van der Waals surface area contributed by atoms with Crippen molar-refractivity contribution >= 4 is 34.7 Å². The zero-order valence-electron chi connectivity index (χ0n) is 16.8. The van der Waals surface area contributed by atoms with Gasteiger partial charge in [-0.15, -0.1) is 0 Å². The number of carbonyl (C=O) groups excluding carboxylic acids is 2. The lowest BCUT2D eigenvalue weighted by Crippen LogP contribution is -2.25. The molecule has 2 aromatic heterocycles. The number of aromatic nitrogens is 1. The highest BCUT2D eigenvalue weighted by Crippen LogP contribution is 2.34. The number of amides is 1. The third kappa shape index (κ3) is 4.88. The molecule has 7 heteroatoms. The summed E-state index contributed by atoms with van der Waals surface area (Å²) in [5.41, 5.74) is 3.76. The maximum absolute atomic E-state index is 12.7. The van der Waals surface area contributed by atoms with E-state index >= 15 is 0 Å². The summed E-state index contributed by atoms with van der Waals surface area (Å²) in [6.45, 7) is 0. The zero-order valence-corrected chi connectivity index (χ0v) is 17.6. The van der Waals surface area contributed by atoms with Crippen molar-refractivity contribution < 1.29 is 19.5 Å². The van der Waals surface area contributed by atoms with Crippen molar-refractivity contribution in [3.05, 3.63) is 70.7 Å². The number of nitrogens with one attached hydrogen (secondary N) is 1. The molecule has 31 heavy (non-hydrogen) atoms. The molecule has 0 spiro atoms. The second-order valence-electron chi connectivity index (χ2n) is 7.71. The molecule has 2 heterocycles. The molecule has 2 unspecified atom stereocenters. The van der Waals surface area contributed by atoms with Crippen LogP contribution in [-0.2, 0) is 16.0 Å². The molecule has 1 fully saturated rings. The van der Waals surface area contributed by atoms with Gasteiger partial charge in [0.1, 0.15) is 5.69 Å². The normalized spacial score (nSPS) is 17.9. The summed E-state index contributed by atoms with van der Waals surface area (Å²) in [5.74, 6) is -2.28. The van der Waals surface area contributed by atoms with Gasteiger partial charge in [0.15, 0.2) is 5.78 Å². The predicted octanol–water partition coefficient (Wildman–Crippen LogP) is 4.67. The van der Waals surface area contributed by atoms with Crippen molar-refractivity contribution in [2.24, 2.45) is 11.8 Å². The number of benzene rings is 1. The fourth-order valence-electron chi connectivity index (χ4n) is 4.00. The molecular weight excluding hydrogens is 412 g/mol. The number of hydrogen-bond donors (Lipinski definition) is 2. The standard InChI is InChI=1S/C24H22N2O4S/c27-22(12-15-10-11-31-14-15)26-18-7-4-16(5-8-18)17-6-9-21(25-13-17)23(28)19-2-1-3-20(19)24(29)30/h4-11,13-14,19-20H,1-3,12H2,(H,26,27)(H,29,30). The molecule has 6 nitrogen and oxygen atoms in total. The van der Waals surface area contributed by atoms with Crippen LogP contribution in [0.3, 0.4) is 0 Å². The molecule has 1 aliphatic carbocycles. The molecule has 0 bridgehead atoms. The van der Waals surface area contributed by atoms with Gasteiger partial charge in [0.05, 0.1) is 12.3 Å². The lowest BCUT2D eigenvalue weighted by Gasteiger charge is -2.14. The Morgan fingerprint density at radius 1 is 1.00 bits per heavy atom. The maximum Gasteiger partial charge on any atom is 0.307 e. The number of carboxylic acids is 1.